The normalized spacial score (nSPS) is 22.0. The molecule has 170 valence electrons. The van der Waals surface area contributed by atoms with Gasteiger partial charge in [0.25, 0.3) is 0 Å². The van der Waals surface area contributed by atoms with Crippen LogP contribution in [0.15, 0.2) is 29.6 Å². The molecule has 30 heavy (non-hydrogen) atoms. The van der Waals surface area contributed by atoms with E-state index in [2.05, 4.69) is 86.5 Å². The fraction of sp³-hybridized carbons (Fsp3) is 0.739. The third kappa shape index (κ3) is 5.13. The van der Waals surface area contributed by atoms with Gasteiger partial charge in [0.1, 0.15) is 0 Å². The van der Waals surface area contributed by atoms with Crippen LogP contribution in [0, 0.1) is 5.92 Å². The summed E-state index contributed by atoms with van der Waals surface area (Å²) in [6.45, 7) is 26.8. The van der Waals surface area contributed by atoms with Gasteiger partial charge in [-0.2, -0.15) is 0 Å². The Balaban J connectivity index is 2.26. The highest BCUT2D eigenvalue weighted by molar-refractivity contribution is 7.10. The molecule has 0 saturated carbocycles. The van der Waals surface area contributed by atoms with E-state index in [4.69, 9.17) is 19.5 Å². The molecular formula is C23H42BNO3SSi. The van der Waals surface area contributed by atoms with Crippen molar-refractivity contribution in [2.45, 2.75) is 96.7 Å². The van der Waals surface area contributed by atoms with Crippen molar-refractivity contribution in [1.29, 1.82) is 0 Å². The summed E-state index contributed by atoms with van der Waals surface area (Å²) in [5, 5.41) is 2.24. The van der Waals surface area contributed by atoms with E-state index in [-0.39, 0.29) is 11.0 Å². The SMILES string of the molecule is C=C(B1OC(C)(C)C(C)(C)O1)[C@H](CCO[Si](C)(C)C(C)(C)C)[C@@](C)(N)c1cccs1. The highest BCUT2D eigenvalue weighted by Crippen LogP contribution is 2.44. The Kier molecular flexibility index (Phi) is 7.30. The molecule has 0 aliphatic carbocycles. The lowest BCUT2D eigenvalue weighted by Crippen LogP contribution is -2.46. The molecule has 1 aliphatic rings. The van der Waals surface area contributed by atoms with Crippen molar-refractivity contribution in [3.8, 4) is 0 Å². The highest BCUT2D eigenvalue weighted by atomic mass is 32.1. The lowest BCUT2D eigenvalue weighted by Gasteiger charge is -2.39. The Morgan fingerprint density at radius 2 is 1.73 bits per heavy atom. The smallest absolute Gasteiger partial charge is 0.417 e. The first-order valence-electron chi connectivity index (χ1n) is 10.9. The molecule has 0 unspecified atom stereocenters. The molecule has 1 saturated heterocycles. The van der Waals surface area contributed by atoms with Crippen molar-refractivity contribution in [3.05, 3.63) is 34.4 Å². The van der Waals surface area contributed by atoms with E-state index in [0.29, 0.717) is 6.61 Å². The van der Waals surface area contributed by atoms with Gasteiger partial charge in [-0.25, -0.2) is 0 Å². The number of hydrogen-bond donors (Lipinski definition) is 1. The molecule has 2 heterocycles. The Morgan fingerprint density at radius 1 is 1.20 bits per heavy atom. The summed E-state index contributed by atoms with van der Waals surface area (Å²) in [6, 6.07) is 4.15. The largest absolute Gasteiger partial charge is 0.490 e. The van der Waals surface area contributed by atoms with Gasteiger partial charge in [0.2, 0.25) is 0 Å². The van der Waals surface area contributed by atoms with E-state index in [1.807, 2.05) is 6.07 Å². The molecule has 0 bridgehead atoms. The summed E-state index contributed by atoms with van der Waals surface area (Å²) in [7, 11) is -2.32. The Morgan fingerprint density at radius 3 is 2.17 bits per heavy atom. The van der Waals surface area contributed by atoms with Crippen LogP contribution in [0.5, 0.6) is 0 Å². The van der Waals surface area contributed by atoms with Gasteiger partial charge in [-0.3, -0.25) is 0 Å². The summed E-state index contributed by atoms with van der Waals surface area (Å²) in [5.74, 6) is -0.0318. The van der Waals surface area contributed by atoms with Gasteiger partial charge in [0.05, 0.1) is 16.7 Å². The Bertz CT molecular complexity index is 722. The summed E-state index contributed by atoms with van der Waals surface area (Å²) in [5.41, 5.74) is 6.46. The lowest BCUT2D eigenvalue weighted by molar-refractivity contribution is 0.00578. The number of rotatable bonds is 8. The summed E-state index contributed by atoms with van der Waals surface area (Å²) >= 11 is 1.68. The van der Waals surface area contributed by atoms with Crippen LogP contribution in [0.3, 0.4) is 0 Å². The second kappa shape index (κ2) is 8.49. The second-order valence-corrected chi connectivity index (χ2v) is 17.1. The minimum atomic E-state index is -1.84. The van der Waals surface area contributed by atoms with Crippen LogP contribution in [-0.4, -0.2) is 33.2 Å². The van der Waals surface area contributed by atoms with Crippen LogP contribution in [0.1, 0.15) is 66.7 Å². The summed E-state index contributed by atoms with van der Waals surface area (Å²) < 4.78 is 19.1. The zero-order valence-electron chi connectivity index (χ0n) is 20.7. The molecule has 1 aromatic heterocycles. The van der Waals surface area contributed by atoms with Gasteiger partial charge >= 0.3 is 7.12 Å². The molecule has 0 spiro atoms. The van der Waals surface area contributed by atoms with Gasteiger partial charge in [-0.15, -0.1) is 17.9 Å². The third-order valence-corrected chi connectivity index (χ3v) is 13.1. The van der Waals surface area contributed by atoms with Crippen LogP contribution in [0.25, 0.3) is 0 Å². The molecular weight excluding hydrogens is 409 g/mol. The quantitative estimate of drug-likeness (QED) is 0.483. The van der Waals surface area contributed by atoms with Gasteiger partial charge in [0, 0.05) is 17.4 Å². The fourth-order valence-corrected chi connectivity index (χ4v) is 5.35. The van der Waals surface area contributed by atoms with Gasteiger partial charge in [-0.05, 0) is 76.1 Å². The molecule has 1 aromatic rings. The molecule has 4 nitrogen and oxygen atoms in total. The van der Waals surface area contributed by atoms with Crippen molar-refractivity contribution < 1.29 is 13.7 Å². The first kappa shape index (κ1) is 25.8. The predicted octanol–water partition coefficient (Wildman–Crippen LogP) is 6.14. The van der Waals surface area contributed by atoms with Crippen molar-refractivity contribution >= 4 is 26.8 Å². The van der Waals surface area contributed by atoms with Crippen molar-refractivity contribution in [3.63, 3.8) is 0 Å². The van der Waals surface area contributed by atoms with E-state index in [1.165, 1.54) is 0 Å². The zero-order valence-corrected chi connectivity index (χ0v) is 22.5. The Labute approximate surface area is 189 Å². The minimum absolute atomic E-state index is 0.0318. The topological polar surface area (TPSA) is 53.7 Å². The molecule has 0 amide bonds. The first-order chi connectivity index (χ1) is 13.4. The minimum Gasteiger partial charge on any atom is -0.417 e. The zero-order chi connectivity index (χ0) is 23.2. The average Bonchev–Trinajstić information content (AvgIpc) is 3.17. The molecule has 1 aliphatic heterocycles. The van der Waals surface area contributed by atoms with E-state index in [0.717, 1.165) is 16.8 Å². The monoisotopic (exact) mass is 451 g/mol. The van der Waals surface area contributed by atoms with Crippen molar-refractivity contribution in [1.82, 2.24) is 0 Å². The van der Waals surface area contributed by atoms with Crippen LogP contribution < -0.4 is 5.73 Å². The summed E-state index contributed by atoms with van der Waals surface area (Å²) in [4.78, 5) is 1.14. The molecule has 2 N–H and O–H groups in total. The maximum atomic E-state index is 6.96. The lowest BCUT2D eigenvalue weighted by atomic mass is 9.64. The van der Waals surface area contributed by atoms with Crippen LogP contribution in [0.2, 0.25) is 18.1 Å². The van der Waals surface area contributed by atoms with Crippen LogP contribution in [0.4, 0.5) is 0 Å². The first-order valence-corrected chi connectivity index (χ1v) is 14.7. The van der Waals surface area contributed by atoms with Crippen LogP contribution >= 0.6 is 11.3 Å². The molecule has 7 heteroatoms. The second-order valence-electron chi connectivity index (χ2n) is 11.4. The summed E-state index contributed by atoms with van der Waals surface area (Å²) in [6.07, 6.45) is 0.778. The molecule has 2 rings (SSSR count). The van der Waals surface area contributed by atoms with E-state index in [9.17, 15) is 0 Å². The predicted molar refractivity (Wildman–Crippen MR) is 132 cm³/mol. The highest BCUT2D eigenvalue weighted by Gasteiger charge is 2.54. The number of hydrogen-bond acceptors (Lipinski definition) is 5. The van der Waals surface area contributed by atoms with Gasteiger partial charge in [-0.1, -0.05) is 26.8 Å². The fourth-order valence-electron chi connectivity index (χ4n) is 3.43. The van der Waals surface area contributed by atoms with Crippen molar-refractivity contribution in [2.24, 2.45) is 11.7 Å². The van der Waals surface area contributed by atoms with E-state index in [1.54, 1.807) is 11.3 Å². The maximum absolute atomic E-state index is 6.96. The van der Waals surface area contributed by atoms with Crippen molar-refractivity contribution in [2.75, 3.05) is 6.61 Å². The van der Waals surface area contributed by atoms with Crippen LogP contribution in [-0.2, 0) is 19.3 Å². The third-order valence-electron chi connectivity index (χ3n) is 7.46. The number of thiophene rings is 1. The maximum Gasteiger partial charge on any atom is 0.490 e. The molecule has 2 atom stereocenters. The molecule has 0 radical (unpaired) electrons. The molecule has 0 aromatic carbocycles. The standard InChI is InChI=1S/C23H42BNO3SSi/c1-17(24-27-21(5,6)22(7,8)28-24)18(23(9,25)19-13-12-16-29-19)14-15-26-30(10,11)20(2,3)4/h12-13,16,18H,1,14-15,25H2,2-11H3/t18-,23+/m0/s1. The molecule has 1 fully saturated rings. The van der Waals surface area contributed by atoms with E-state index < -0.39 is 32.2 Å². The van der Waals surface area contributed by atoms with Gasteiger partial charge in [0.15, 0.2) is 8.32 Å². The van der Waals surface area contributed by atoms with Gasteiger partial charge < -0.3 is 19.5 Å². The Hall–Kier alpha value is -0.438. The number of nitrogens with two attached hydrogens (primary N) is 1. The average molecular weight is 452 g/mol. The van der Waals surface area contributed by atoms with E-state index >= 15 is 0 Å².